The molecule has 88 valence electrons. The van der Waals surface area contributed by atoms with E-state index in [1.165, 1.54) is 5.56 Å². The Kier molecular flexibility index (Phi) is 4.02. The van der Waals surface area contributed by atoms with E-state index in [9.17, 15) is 0 Å². The zero-order valence-electron chi connectivity index (χ0n) is 9.35. The van der Waals surface area contributed by atoms with Crippen molar-refractivity contribution in [2.45, 2.75) is 17.8 Å². The molecule has 0 fully saturated rings. The Morgan fingerprint density at radius 1 is 1.29 bits per heavy atom. The number of benzene rings is 1. The summed E-state index contributed by atoms with van der Waals surface area (Å²) in [6.45, 7) is 1.98. The predicted molar refractivity (Wildman–Crippen MR) is 74.9 cm³/mol. The van der Waals surface area contributed by atoms with E-state index in [0.717, 1.165) is 26.6 Å². The average Bonchev–Trinajstić information content (AvgIpc) is 2.33. The van der Waals surface area contributed by atoms with Gasteiger partial charge in [0, 0.05) is 28.3 Å². The Bertz CT molecular complexity index is 514. The van der Waals surface area contributed by atoms with Crippen molar-refractivity contribution >= 4 is 33.4 Å². The van der Waals surface area contributed by atoms with Gasteiger partial charge in [0.15, 0.2) is 5.16 Å². The van der Waals surface area contributed by atoms with Crippen molar-refractivity contribution in [1.82, 2.24) is 9.97 Å². The van der Waals surface area contributed by atoms with E-state index in [2.05, 4.69) is 25.9 Å². The summed E-state index contributed by atoms with van der Waals surface area (Å²) in [5, 5.41) is 0.789. The first kappa shape index (κ1) is 12.4. The lowest BCUT2D eigenvalue weighted by Crippen LogP contribution is -1.91. The second-order valence-electron chi connectivity index (χ2n) is 3.69. The van der Waals surface area contributed by atoms with Crippen LogP contribution in [-0.4, -0.2) is 9.97 Å². The fourth-order valence-corrected chi connectivity index (χ4v) is 2.26. The van der Waals surface area contributed by atoms with Gasteiger partial charge >= 0.3 is 0 Å². The number of aromatic nitrogens is 2. The third-order valence-electron chi connectivity index (χ3n) is 2.19. The maximum atomic E-state index is 5.82. The molecule has 0 amide bonds. The molecular formula is C12H12BrN3S. The maximum absolute atomic E-state index is 5.82. The van der Waals surface area contributed by atoms with E-state index in [1.807, 2.05) is 37.5 Å². The lowest BCUT2D eigenvalue weighted by atomic mass is 10.2. The van der Waals surface area contributed by atoms with E-state index in [1.54, 1.807) is 11.8 Å². The monoisotopic (exact) mass is 309 g/mol. The number of nitrogens with two attached hydrogens (primary N) is 1. The van der Waals surface area contributed by atoms with Gasteiger partial charge in [0.1, 0.15) is 0 Å². The Labute approximate surface area is 113 Å². The molecule has 0 spiro atoms. The summed E-state index contributed by atoms with van der Waals surface area (Å²) in [4.78, 5) is 8.49. The van der Waals surface area contributed by atoms with Gasteiger partial charge in [0.25, 0.3) is 0 Å². The standard InChI is InChI=1S/C12H12BrN3S/c1-8-5-15-12(16-6-8)17-7-9-2-3-10(13)11(14)4-9/h2-6H,7,14H2,1H3. The number of nitrogens with zero attached hydrogens (tertiary/aromatic N) is 2. The highest BCUT2D eigenvalue weighted by atomic mass is 79.9. The summed E-state index contributed by atoms with van der Waals surface area (Å²) in [5.41, 5.74) is 8.82. The van der Waals surface area contributed by atoms with Crippen LogP contribution in [0.25, 0.3) is 0 Å². The van der Waals surface area contributed by atoms with E-state index in [0.29, 0.717) is 0 Å². The number of hydrogen-bond acceptors (Lipinski definition) is 4. The van der Waals surface area contributed by atoms with Gasteiger partial charge in [-0.25, -0.2) is 9.97 Å². The molecule has 1 heterocycles. The van der Waals surface area contributed by atoms with Gasteiger partial charge in [-0.2, -0.15) is 0 Å². The minimum absolute atomic E-state index is 0.757. The summed E-state index contributed by atoms with van der Waals surface area (Å²) in [6, 6.07) is 5.97. The van der Waals surface area contributed by atoms with Crippen molar-refractivity contribution in [3.63, 3.8) is 0 Å². The lowest BCUT2D eigenvalue weighted by Gasteiger charge is -2.03. The molecule has 0 aliphatic carbocycles. The zero-order valence-corrected chi connectivity index (χ0v) is 11.8. The molecule has 2 N–H and O–H groups in total. The van der Waals surface area contributed by atoms with Gasteiger partial charge in [-0.05, 0) is 46.1 Å². The molecule has 0 saturated heterocycles. The van der Waals surface area contributed by atoms with Crippen LogP contribution < -0.4 is 5.73 Å². The van der Waals surface area contributed by atoms with Gasteiger partial charge in [0.05, 0.1) is 0 Å². The number of anilines is 1. The first-order chi connectivity index (χ1) is 8.15. The SMILES string of the molecule is Cc1cnc(SCc2ccc(Br)c(N)c2)nc1. The fourth-order valence-electron chi connectivity index (χ4n) is 1.29. The van der Waals surface area contributed by atoms with Crippen LogP contribution in [-0.2, 0) is 5.75 Å². The van der Waals surface area contributed by atoms with Crippen LogP contribution in [0.4, 0.5) is 5.69 Å². The first-order valence-corrected chi connectivity index (χ1v) is 6.88. The molecule has 5 heteroatoms. The highest BCUT2D eigenvalue weighted by Gasteiger charge is 2.01. The molecule has 1 aromatic heterocycles. The van der Waals surface area contributed by atoms with Gasteiger partial charge in [-0.3, -0.25) is 0 Å². The molecule has 0 saturated carbocycles. The zero-order chi connectivity index (χ0) is 12.3. The van der Waals surface area contributed by atoms with Crippen LogP contribution in [0, 0.1) is 6.92 Å². The lowest BCUT2D eigenvalue weighted by molar-refractivity contribution is 0.949. The summed E-state index contributed by atoms with van der Waals surface area (Å²) in [5.74, 6) is 0.820. The fraction of sp³-hybridized carbons (Fsp3) is 0.167. The number of thioether (sulfide) groups is 1. The molecule has 17 heavy (non-hydrogen) atoms. The quantitative estimate of drug-likeness (QED) is 0.536. The van der Waals surface area contributed by atoms with Crippen molar-refractivity contribution in [3.05, 3.63) is 46.2 Å². The summed E-state index contributed by atoms with van der Waals surface area (Å²) in [7, 11) is 0. The van der Waals surface area contributed by atoms with Crippen molar-refractivity contribution < 1.29 is 0 Å². The number of nitrogen functional groups attached to an aromatic ring is 1. The molecule has 3 nitrogen and oxygen atoms in total. The molecule has 0 aliphatic heterocycles. The maximum Gasteiger partial charge on any atom is 0.187 e. The number of halogens is 1. The van der Waals surface area contributed by atoms with Crippen LogP contribution in [0.1, 0.15) is 11.1 Å². The second kappa shape index (κ2) is 5.51. The van der Waals surface area contributed by atoms with Crippen LogP contribution >= 0.6 is 27.7 Å². The number of rotatable bonds is 3. The van der Waals surface area contributed by atoms with Gasteiger partial charge in [-0.15, -0.1) is 0 Å². The van der Waals surface area contributed by atoms with Crippen LogP contribution in [0.5, 0.6) is 0 Å². The van der Waals surface area contributed by atoms with Crippen molar-refractivity contribution in [2.24, 2.45) is 0 Å². The van der Waals surface area contributed by atoms with Crippen LogP contribution in [0.15, 0.2) is 40.2 Å². The third kappa shape index (κ3) is 3.44. The van der Waals surface area contributed by atoms with E-state index < -0.39 is 0 Å². The minimum Gasteiger partial charge on any atom is -0.398 e. The number of hydrogen-bond donors (Lipinski definition) is 1. The largest absolute Gasteiger partial charge is 0.398 e. The normalized spacial score (nSPS) is 10.5. The summed E-state index contributed by atoms with van der Waals surface area (Å²) < 4.78 is 0.929. The molecule has 2 aromatic rings. The molecule has 0 aliphatic rings. The second-order valence-corrected chi connectivity index (χ2v) is 5.48. The predicted octanol–water partition coefficient (Wildman–Crippen LogP) is 3.42. The Balaban J connectivity index is 2.02. The van der Waals surface area contributed by atoms with E-state index in [4.69, 9.17) is 5.73 Å². The average molecular weight is 310 g/mol. The van der Waals surface area contributed by atoms with Crippen molar-refractivity contribution in [1.29, 1.82) is 0 Å². The smallest absolute Gasteiger partial charge is 0.187 e. The van der Waals surface area contributed by atoms with Crippen LogP contribution in [0.2, 0.25) is 0 Å². The summed E-state index contributed by atoms with van der Waals surface area (Å²) >= 11 is 4.98. The molecule has 2 rings (SSSR count). The van der Waals surface area contributed by atoms with Crippen LogP contribution in [0.3, 0.4) is 0 Å². The molecule has 0 atom stereocenters. The van der Waals surface area contributed by atoms with Gasteiger partial charge < -0.3 is 5.73 Å². The van der Waals surface area contributed by atoms with Gasteiger partial charge in [-0.1, -0.05) is 17.8 Å². The van der Waals surface area contributed by atoms with Crippen molar-refractivity contribution in [3.8, 4) is 0 Å². The number of aryl methyl sites for hydroxylation is 1. The third-order valence-corrected chi connectivity index (χ3v) is 3.85. The van der Waals surface area contributed by atoms with E-state index in [-0.39, 0.29) is 0 Å². The molecular weight excluding hydrogens is 298 g/mol. The van der Waals surface area contributed by atoms with E-state index >= 15 is 0 Å². The Morgan fingerprint density at radius 3 is 2.65 bits per heavy atom. The topological polar surface area (TPSA) is 51.8 Å². The van der Waals surface area contributed by atoms with Gasteiger partial charge in [0.2, 0.25) is 0 Å². The highest BCUT2D eigenvalue weighted by molar-refractivity contribution is 9.10. The first-order valence-electron chi connectivity index (χ1n) is 5.10. The Hall–Kier alpha value is -1.07. The summed E-state index contributed by atoms with van der Waals surface area (Å²) in [6.07, 6.45) is 3.65. The molecule has 1 aromatic carbocycles. The van der Waals surface area contributed by atoms with Crippen molar-refractivity contribution in [2.75, 3.05) is 5.73 Å². The molecule has 0 radical (unpaired) electrons. The highest BCUT2D eigenvalue weighted by Crippen LogP contribution is 2.24. The molecule has 0 bridgehead atoms. The minimum atomic E-state index is 0.757. The Morgan fingerprint density at radius 2 is 2.00 bits per heavy atom. The molecule has 0 unspecified atom stereocenters.